The maximum absolute atomic E-state index is 9.63. The summed E-state index contributed by atoms with van der Waals surface area (Å²) in [6.07, 6.45) is 2.73. The Kier molecular flexibility index (Phi) is 4.65. The highest BCUT2D eigenvalue weighted by Gasteiger charge is 2.40. The summed E-state index contributed by atoms with van der Waals surface area (Å²) in [5.74, 6) is 0. The van der Waals surface area contributed by atoms with Gasteiger partial charge in [0, 0.05) is 29.0 Å². The van der Waals surface area contributed by atoms with Gasteiger partial charge in [0.15, 0.2) is 0 Å². The molecule has 0 aliphatic carbocycles. The lowest BCUT2D eigenvalue weighted by Gasteiger charge is -2.42. The first-order chi connectivity index (χ1) is 10.2. The quantitative estimate of drug-likeness (QED) is 0.679. The van der Waals surface area contributed by atoms with Crippen LogP contribution in [0.1, 0.15) is 57.5 Å². The van der Waals surface area contributed by atoms with Gasteiger partial charge >= 0.3 is 0 Å². The molecule has 1 N–H and O–H groups in total. The van der Waals surface area contributed by atoms with Crippen molar-refractivity contribution in [2.24, 2.45) is 4.99 Å². The van der Waals surface area contributed by atoms with Crippen LogP contribution in [0.5, 0.6) is 0 Å². The lowest BCUT2D eigenvalue weighted by molar-refractivity contribution is 0.247. The summed E-state index contributed by atoms with van der Waals surface area (Å²) in [5, 5.41) is 14.2. The maximum atomic E-state index is 9.63. The Morgan fingerprint density at radius 1 is 1.32 bits per heavy atom. The molecule has 0 amide bonds. The highest BCUT2D eigenvalue weighted by molar-refractivity contribution is 7.16. The number of fused-ring (bicyclic) bond motifs is 1. The number of aliphatic imine (C=N–C) groups is 1. The van der Waals surface area contributed by atoms with E-state index in [0.717, 1.165) is 30.1 Å². The van der Waals surface area contributed by atoms with Gasteiger partial charge in [-0.3, -0.25) is 0 Å². The molecule has 0 unspecified atom stereocenters. The standard InChI is InChI=1S/C17H26N4S/c1-7-21(8-2)11-19-15-13(10-18)12-9-16(3,4)20-17(5,6)14(12)22-15/h11,20H,7-9H2,1-6H3/b19-11+. The van der Waals surface area contributed by atoms with Crippen LogP contribution in [0, 0.1) is 11.3 Å². The third kappa shape index (κ3) is 3.18. The fourth-order valence-corrected chi connectivity index (χ4v) is 4.41. The topological polar surface area (TPSA) is 51.4 Å². The lowest BCUT2D eigenvalue weighted by atomic mass is 9.81. The molecule has 120 valence electrons. The van der Waals surface area contributed by atoms with Crippen LogP contribution in [0.25, 0.3) is 0 Å². The van der Waals surface area contributed by atoms with E-state index in [1.807, 2.05) is 6.34 Å². The van der Waals surface area contributed by atoms with Gasteiger partial charge in [-0.05, 0) is 53.5 Å². The van der Waals surface area contributed by atoms with Crippen molar-refractivity contribution in [1.29, 1.82) is 5.26 Å². The van der Waals surface area contributed by atoms with Crippen molar-refractivity contribution in [3.05, 3.63) is 16.0 Å². The summed E-state index contributed by atoms with van der Waals surface area (Å²) in [7, 11) is 0. The van der Waals surface area contributed by atoms with E-state index < -0.39 is 0 Å². The molecule has 0 saturated heterocycles. The number of nitrogens with one attached hydrogen (secondary N) is 1. The minimum absolute atomic E-state index is 0.0109. The van der Waals surface area contributed by atoms with E-state index in [9.17, 15) is 5.26 Å². The average Bonchev–Trinajstić information content (AvgIpc) is 2.76. The third-order valence-corrected chi connectivity index (χ3v) is 5.55. The van der Waals surface area contributed by atoms with E-state index in [1.54, 1.807) is 11.3 Å². The highest BCUT2D eigenvalue weighted by atomic mass is 32.1. The van der Waals surface area contributed by atoms with Crippen LogP contribution < -0.4 is 5.32 Å². The minimum atomic E-state index is -0.129. The molecule has 0 spiro atoms. The predicted octanol–water partition coefficient (Wildman–Crippen LogP) is 3.78. The van der Waals surface area contributed by atoms with Gasteiger partial charge in [0.05, 0.1) is 11.9 Å². The van der Waals surface area contributed by atoms with E-state index in [0.29, 0.717) is 0 Å². The molecule has 0 saturated carbocycles. The Labute approximate surface area is 137 Å². The summed E-state index contributed by atoms with van der Waals surface area (Å²) in [6.45, 7) is 14.8. The van der Waals surface area contributed by atoms with Crippen molar-refractivity contribution >= 4 is 22.7 Å². The number of nitrogens with zero attached hydrogens (tertiary/aromatic N) is 3. The van der Waals surface area contributed by atoms with Crippen molar-refractivity contribution < 1.29 is 0 Å². The van der Waals surface area contributed by atoms with Gasteiger partial charge in [0.2, 0.25) is 0 Å². The van der Waals surface area contributed by atoms with Crippen molar-refractivity contribution in [1.82, 2.24) is 10.2 Å². The molecule has 0 bridgehead atoms. The molecule has 1 aromatic rings. The normalized spacial score (nSPS) is 19.0. The van der Waals surface area contributed by atoms with Gasteiger partial charge in [-0.25, -0.2) is 4.99 Å². The summed E-state index contributed by atoms with van der Waals surface area (Å²) in [5.41, 5.74) is 1.79. The molecule has 0 aromatic carbocycles. The van der Waals surface area contributed by atoms with Crippen LogP contribution >= 0.6 is 11.3 Å². The number of thiophene rings is 1. The van der Waals surface area contributed by atoms with E-state index in [2.05, 4.69) is 62.8 Å². The first kappa shape index (κ1) is 17.0. The zero-order chi connectivity index (χ0) is 16.5. The molecule has 22 heavy (non-hydrogen) atoms. The Balaban J connectivity index is 2.48. The van der Waals surface area contributed by atoms with E-state index in [4.69, 9.17) is 0 Å². The van der Waals surface area contributed by atoms with Gasteiger partial charge in [-0.15, -0.1) is 11.3 Å². The van der Waals surface area contributed by atoms with Crippen molar-refractivity contribution in [2.45, 2.75) is 59.0 Å². The number of nitriles is 1. The van der Waals surface area contributed by atoms with Crippen molar-refractivity contribution in [3.8, 4) is 6.07 Å². The average molecular weight is 318 g/mol. The van der Waals surface area contributed by atoms with Crippen molar-refractivity contribution in [3.63, 3.8) is 0 Å². The molecule has 0 atom stereocenters. The Hall–Kier alpha value is -1.38. The zero-order valence-electron chi connectivity index (χ0n) is 14.4. The van der Waals surface area contributed by atoms with Crippen LogP contribution in [0.4, 0.5) is 5.00 Å². The van der Waals surface area contributed by atoms with E-state index in [1.165, 1.54) is 10.4 Å². The number of rotatable bonds is 4. The maximum Gasteiger partial charge on any atom is 0.136 e. The Morgan fingerprint density at radius 3 is 2.50 bits per heavy atom. The fourth-order valence-electron chi connectivity index (χ4n) is 3.24. The Bertz CT molecular complexity index is 615. The molecule has 0 radical (unpaired) electrons. The largest absolute Gasteiger partial charge is 0.363 e. The van der Waals surface area contributed by atoms with Crippen LogP contribution in [0.15, 0.2) is 4.99 Å². The molecule has 5 heteroatoms. The second kappa shape index (κ2) is 6.02. The summed E-state index contributed by atoms with van der Waals surface area (Å²) >= 11 is 1.65. The molecule has 4 nitrogen and oxygen atoms in total. The fraction of sp³-hybridized carbons (Fsp3) is 0.647. The van der Waals surface area contributed by atoms with Gasteiger partial charge < -0.3 is 10.2 Å². The smallest absolute Gasteiger partial charge is 0.136 e. The molecular formula is C17H26N4S. The summed E-state index contributed by atoms with van der Waals surface area (Å²) < 4.78 is 0. The molecule has 1 aliphatic heterocycles. The minimum Gasteiger partial charge on any atom is -0.363 e. The lowest BCUT2D eigenvalue weighted by Crippen LogP contribution is -2.54. The van der Waals surface area contributed by atoms with Crippen LogP contribution in [0.2, 0.25) is 0 Å². The number of hydrogen-bond donors (Lipinski definition) is 1. The molecule has 1 aromatic heterocycles. The SMILES string of the molecule is CCN(/C=N/c1sc2c(c1C#N)CC(C)(C)NC2(C)C)CC. The summed E-state index contributed by atoms with van der Waals surface area (Å²) in [4.78, 5) is 7.98. The molecular weight excluding hydrogens is 292 g/mol. The van der Waals surface area contributed by atoms with Gasteiger partial charge in [0.25, 0.3) is 0 Å². The van der Waals surface area contributed by atoms with E-state index in [-0.39, 0.29) is 11.1 Å². The van der Waals surface area contributed by atoms with Crippen LogP contribution in [-0.2, 0) is 12.0 Å². The van der Waals surface area contributed by atoms with E-state index >= 15 is 0 Å². The molecule has 2 rings (SSSR count). The number of hydrogen-bond acceptors (Lipinski definition) is 4. The second-order valence-electron chi connectivity index (χ2n) is 6.98. The van der Waals surface area contributed by atoms with Gasteiger partial charge in [-0.1, -0.05) is 0 Å². The molecule has 1 aliphatic rings. The highest BCUT2D eigenvalue weighted by Crippen LogP contribution is 2.45. The Morgan fingerprint density at radius 2 is 1.95 bits per heavy atom. The van der Waals surface area contributed by atoms with Crippen LogP contribution in [0.3, 0.4) is 0 Å². The predicted molar refractivity (Wildman–Crippen MR) is 94.1 cm³/mol. The first-order valence-corrected chi connectivity index (χ1v) is 8.69. The van der Waals surface area contributed by atoms with Gasteiger partial charge in [-0.2, -0.15) is 5.26 Å². The van der Waals surface area contributed by atoms with Crippen LogP contribution in [-0.4, -0.2) is 29.9 Å². The third-order valence-electron chi connectivity index (χ3n) is 4.09. The second-order valence-corrected chi connectivity index (χ2v) is 7.98. The van der Waals surface area contributed by atoms with Crippen molar-refractivity contribution in [2.75, 3.05) is 13.1 Å². The molecule has 2 heterocycles. The summed E-state index contributed by atoms with van der Waals surface area (Å²) in [6, 6.07) is 2.39. The monoisotopic (exact) mass is 318 g/mol. The zero-order valence-corrected chi connectivity index (χ0v) is 15.3. The first-order valence-electron chi connectivity index (χ1n) is 7.88. The van der Waals surface area contributed by atoms with Gasteiger partial charge in [0.1, 0.15) is 11.1 Å². The molecule has 0 fully saturated rings.